The van der Waals surface area contributed by atoms with Crippen LogP contribution in [0.4, 0.5) is 13.2 Å². The third kappa shape index (κ3) is 4.07. The summed E-state index contributed by atoms with van der Waals surface area (Å²) in [6.45, 7) is 0.630. The molecule has 3 aromatic rings. The van der Waals surface area contributed by atoms with E-state index in [-0.39, 0.29) is 30.9 Å². The summed E-state index contributed by atoms with van der Waals surface area (Å²) in [5.74, 6) is -0.00607. The Morgan fingerprint density at radius 1 is 1.23 bits per heavy atom. The van der Waals surface area contributed by atoms with Crippen LogP contribution in [-0.2, 0) is 4.74 Å². The van der Waals surface area contributed by atoms with Crippen LogP contribution < -0.4 is 0 Å². The zero-order valence-corrected chi connectivity index (χ0v) is 18.5. The summed E-state index contributed by atoms with van der Waals surface area (Å²) in [6, 6.07) is 11.1. The second kappa shape index (κ2) is 8.64. The summed E-state index contributed by atoms with van der Waals surface area (Å²) in [4.78, 5) is 23.5. The third-order valence-corrected chi connectivity index (χ3v) is 6.30. The van der Waals surface area contributed by atoms with Crippen molar-refractivity contribution >= 4 is 23.5 Å². The van der Waals surface area contributed by atoms with Crippen molar-refractivity contribution in [3.63, 3.8) is 0 Å². The molecule has 0 unspecified atom stereocenters. The summed E-state index contributed by atoms with van der Waals surface area (Å²) in [5.41, 5.74) is 0.0716. The number of rotatable bonds is 4. The number of alkyl halides is 3. The van der Waals surface area contributed by atoms with Crippen LogP contribution in [-0.4, -0.2) is 62.2 Å². The first-order valence-electron chi connectivity index (χ1n) is 11.0. The second-order valence-electron chi connectivity index (χ2n) is 8.48. The molecule has 35 heavy (non-hydrogen) atoms. The summed E-state index contributed by atoms with van der Waals surface area (Å²) < 4.78 is 45.9. The molecule has 0 radical (unpaired) electrons. The van der Waals surface area contributed by atoms with Crippen molar-refractivity contribution in [2.45, 2.75) is 31.0 Å². The van der Waals surface area contributed by atoms with Crippen LogP contribution in [0.25, 0.3) is 16.9 Å². The van der Waals surface area contributed by atoms with Gasteiger partial charge in [0.25, 0.3) is 5.91 Å². The predicted octanol–water partition coefficient (Wildman–Crippen LogP) is 4.29. The molecule has 2 fully saturated rings. The summed E-state index contributed by atoms with van der Waals surface area (Å²) >= 11 is 0. The van der Waals surface area contributed by atoms with Crippen molar-refractivity contribution in [1.82, 2.24) is 19.5 Å². The molecular weight excluding hydrogens is 461 g/mol. The Labute approximate surface area is 198 Å². The summed E-state index contributed by atoms with van der Waals surface area (Å²) in [7, 11) is 0. The molecule has 1 aromatic carbocycles. The number of hydrogen-bond acceptors (Lipinski definition) is 6. The van der Waals surface area contributed by atoms with Crippen LogP contribution in [0.2, 0.25) is 0 Å². The van der Waals surface area contributed by atoms with Crippen molar-refractivity contribution in [3.8, 4) is 11.3 Å². The van der Waals surface area contributed by atoms with Gasteiger partial charge in [0, 0.05) is 37.1 Å². The zero-order chi connectivity index (χ0) is 24.6. The first-order valence-corrected chi connectivity index (χ1v) is 11.0. The average molecular weight is 482 g/mol. The highest BCUT2D eigenvalue weighted by atomic mass is 19.4. The van der Waals surface area contributed by atoms with Gasteiger partial charge >= 0.3 is 6.18 Å². The van der Waals surface area contributed by atoms with Crippen LogP contribution in [0.1, 0.15) is 29.6 Å². The van der Waals surface area contributed by atoms with Gasteiger partial charge in [-0.25, -0.2) is 14.5 Å². The smallest absolute Gasteiger partial charge is 0.434 e. The van der Waals surface area contributed by atoms with E-state index in [1.807, 2.05) is 30.3 Å². The minimum absolute atomic E-state index is 0.152. The molecule has 0 aliphatic carbocycles. The number of likely N-dealkylation sites (tertiary alicyclic amines) is 1. The number of carbonyl (C=O) groups is 1. The van der Waals surface area contributed by atoms with Gasteiger partial charge in [-0.15, -0.1) is 0 Å². The topological polar surface area (TPSA) is 95.9 Å². The lowest BCUT2D eigenvalue weighted by atomic mass is 9.93. The maximum Gasteiger partial charge on any atom is 0.434 e. The number of ether oxygens (including phenoxy) is 1. The number of nitrogens with one attached hydrogen (secondary N) is 1. The van der Waals surface area contributed by atoms with Gasteiger partial charge in [0.15, 0.2) is 11.4 Å². The minimum atomic E-state index is -4.73. The maximum absolute atomic E-state index is 14.0. The number of amides is 1. The SMILES string of the molecule is N=CC(=N/C=C1\C[C@]2(CCCN2C(=O)c2c(-c3ccccc3)nn3cccnc23)CO1)C(F)(F)F. The molecule has 11 heteroatoms. The Morgan fingerprint density at radius 2 is 2.03 bits per heavy atom. The van der Waals surface area contributed by atoms with E-state index in [2.05, 4.69) is 15.1 Å². The molecule has 0 saturated carbocycles. The van der Waals surface area contributed by atoms with E-state index in [4.69, 9.17) is 10.1 Å². The van der Waals surface area contributed by atoms with Crippen molar-refractivity contribution in [2.75, 3.05) is 13.2 Å². The van der Waals surface area contributed by atoms with Gasteiger partial charge in [-0.1, -0.05) is 30.3 Å². The highest BCUT2D eigenvalue weighted by molar-refractivity contribution is 6.32. The molecule has 180 valence electrons. The molecule has 0 bridgehead atoms. The highest BCUT2D eigenvalue weighted by Gasteiger charge is 2.50. The predicted molar refractivity (Wildman–Crippen MR) is 122 cm³/mol. The van der Waals surface area contributed by atoms with Crippen molar-refractivity contribution in [1.29, 1.82) is 5.41 Å². The first-order chi connectivity index (χ1) is 16.8. The Kier molecular flexibility index (Phi) is 5.62. The minimum Gasteiger partial charge on any atom is -0.494 e. The highest BCUT2D eigenvalue weighted by Crippen LogP contribution is 2.42. The molecule has 1 amide bonds. The van der Waals surface area contributed by atoms with Gasteiger partial charge in [-0.05, 0) is 18.9 Å². The molecule has 8 nitrogen and oxygen atoms in total. The quantitative estimate of drug-likeness (QED) is 0.562. The van der Waals surface area contributed by atoms with E-state index < -0.39 is 17.4 Å². The van der Waals surface area contributed by atoms with Gasteiger partial charge in [-0.3, -0.25) is 4.79 Å². The van der Waals surface area contributed by atoms with Gasteiger partial charge < -0.3 is 15.0 Å². The average Bonchev–Trinajstić information content (AvgIpc) is 3.56. The largest absolute Gasteiger partial charge is 0.494 e. The molecule has 1 atom stereocenters. The molecule has 1 N–H and O–H groups in total. The number of halogens is 3. The first kappa shape index (κ1) is 22.8. The van der Waals surface area contributed by atoms with E-state index >= 15 is 0 Å². The van der Waals surface area contributed by atoms with Crippen LogP contribution in [0, 0.1) is 5.41 Å². The molecular formula is C24H21F3N6O2. The lowest BCUT2D eigenvalue weighted by Crippen LogP contribution is -2.47. The van der Waals surface area contributed by atoms with E-state index in [1.54, 1.807) is 27.9 Å². The number of fused-ring (bicyclic) bond motifs is 1. The number of hydrogen-bond donors (Lipinski definition) is 1. The fourth-order valence-corrected chi connectivity index (χ4v) is 4.68. The van der Waals surface area contributed by atoms with E-state index in [1.165, 1.54) is 0 Å². The van der Waals surface area contributed by atoms with Gasteiger partial charge in [0.1, 0.15) is 23.6 Å². The number of aromatic nitrogens is 3. The number of benzene rings is 1. The van der Waals surface area contributed by atoms with Crippen LogP contribution in [0.15, 0.2) is 65.7 Å². The molecule has 5 rings (SSSR count). The van der Waals surface area contributed by atoms with E-state index in [0.29, 0.717) is 29.9 Å². The Morgan fingerprint density at radius 3 is 2.77 bits per heavy atom. The summed E-state index contributed by atoms with van der Waals surface area (Å²) in [5, 5.41) is 11.6. The van der Waals surface area contributed by atoms with Crippen LogP contribution in [0.3, 0.4) is 0 Å². The number of nitrogens with zero attached hydrogens (tertiary/aromatic N) is 5. The molecule has 1 spiro atoms. The van der Waals surface area contributed by atoms with E-state index in [0.717, 1.165) is 18.2 Å². The fourth-order valence-electron chi connectivity index (χ4n) is 4.68. The number of aliphatic imine (C=N–C) groups is 1. The maximum atomic E-state index is 14.0. The van der Waals surface area contributed by atoms with Crippen molar-refractivity contribution < 1.29 is 22.7 Å². The molecule has 2 aliphatic heterocycles. The van der Waals surface area contributed by atoms with Gasteiger partial charge in [0.05, 0.1) is 11.7 Å². The normalized spacial score (nSPS) is 21.7. The Balaban J connectivity index is 1.50. The van der Waals surface area contributed by atoms with Crippen molar-refractivity contribution in [2.24, 2.45) is 4.99 Å². The lowest BCUT2D eigenvalue weighted by Gasteiger charge is -2.32. The Bertz CT molecular complexity index is 1350. The monoisotopic (exact) mass is 482 g/mol. The number of carbonyl (C=O) groups excluding carboxylic acids is 1. The molecule has 2 saturated heterocycles. The van der Waals surface area contributed by atoms with Crippen LogP contribution in [0.5, 0.6) is 0 Å². The summed E-state index contributed by atoms with van der Waals surface area (Å²) in [6.07, 6.45) is 1.36. The standard InChI is InChI=1S/C24H21F3N6O2/c25-24(26,27)18(13-28)30-14-17-12-23(15-35-17)8-4-10-32(23)22(34)19-20(16-6-2-1-3-7-16)31-33-11-5-9-29-21(19)33/h1-3,5-7,9,11,13-14,28H,4,8,10,12,15H2/b17-14+,28-13?,30-18?/t23-/m1/s1. The van der Waals surface area contributed by atoms with Crippen LogP contribution >= 0.6 is 0 Å². The molecule has 4 heterocycles. The van der Waals surface area contributed by atoms with Crippen molar-refractivity contribution in [3.05, 3.63) is 66.3 Å². The van der Waals surface area contributed by atoms with Gasteiger partial charge in [-0.2, -0.15) is 18.3 Å². The Hall–Kier alpha value is -4.02. The second-order valence-corrected chi connectivity index (χ2v) is 8.48. The third-order valence-electron chi connectivity index (χ3n) is 6.30. The zero-order valence-electron chi connectivity index (χ0n) is 18.5. The molecule has 2 aromatic heterocycles. The lowest BCUT2D eigenvalue weighted by molar-refractivity contribution is -0.0564. The van der Waals surface area contributed by atoms with Gasteiger partial charge in [0.2, 0.25) is 0 Å². The van der Waals surface area contributed by atoms with E-state index in [9.17, 15) is 18.0 Å². The fraction of sp³-hybridized carbons (Fsp3) is 0.292. The molecule has 2 aliphatic rings.